The van der Waals surface area contributed by atoms with E-state index in [0.717, 1.165) is 0 Å². The molecule has 0 bridgehead atoms. The third-order valence-corrected chi connectivity index (χ3v) is 2.40. The van der Waals surface area contributed by atoms with Crippen molar-refractivity contribution < 1.29 is 14.6 Å². The van der Waals surface area contributed by atoms with E-state index < -0.39 is 11.5 Å². The second kappa shape index (κ2) is 3.46. The van der Waals surface area contributed by atoms with Crippen LogP contribution in [0.3, 0.4) is 0 Å². The van der Waals surface area contributed by atoms with Crippen LogP contribution in [0, 0.1) is 0 Å². The molecule has 0 radical (unpaired) electrons. The van der Waals surface area contributed by atoms with E-state index in [2.05, 4.69) is 20.8 Å². The van der Waals surface area contributed by atoms with Crippen LogP contribution < -0.4 is 5.32 Å². The summed E-state index contributed by atoms with van der Waals surface area (Å²) < 4.78 is 6.47. The molecule has 1 fully saturated rings. The molecule has 1 atom stereocenters. The first-order valence-corrected chi connectivity index (χ1v) is 4.46. The predicted molar refractivity (Wildman–Crippen MR) is 48.2 cm³/mol. The van der Waals surface area contributed by atoms with Crippen molar-refractivity contribution in [2.24, 2.45) is 7.05 Å². The maximum atomic E-state index is 11.1. The largest absolute Gasteiger partial charge is 0.479 e. The average Bonchev–Trinajstić information content (AvgIpc) is 2.78. The molecule has 1 saturated heterocycles. The fraction of sp³-hybridized carbons (Fsp3) is 0.714. The normalized spacial score (nSPS) is 25.4. The molecule has 0 spiro atoms. The van der Waals surface area contributed by atoms with Crippen LogP contribution in [0.25, 0.3) is 0 Å². The van der Waals surface area contributed by atoms with Gasteiger partial charge in [0, 0.05) is 20.1 Å². The number of nitrogens with one attached hydrogen (secondary N) is 1. The molecule has 0 aliphatic carbocycles. The zero-order chi connectivity index (χ0) is 10.9. The van der Waals surface area contributed by atoms with Crippen molar-refractivity contribution in [3.63, 3.8) is 0 Å². The highest BCUT2D eigenvalue weighted by atomic mass is 16.5. The van der Waals surface area contributed by atoms with Gasteiger partial charge in [-0.25, -0.2) is 9.48 Å². The number of aliphatic carboxylic acids is 1. The summed E-state index contributed by atoms with van der Waals surface area (Å²) in [6.07, 6.45) is 0.398. The van der Waals surface area contributed by atoms with Crippen molar-refractivity contribution in [2.75, 3.05) is 18.5 Å². The van der Waals surface area contributed by atoms with Crippen molar-refractivity contribution >= 4 is 11.9 Å². The SMILES string of the molecule is Cn1nnnc1NC1(C(=O)O)CCOC1. The number of hydrogen-bond donors (Lipinski definition) is 2. The highest BCUT2D eigenvalue weighted by Gasteiger charge is 2.43. The summed E-state index contributed by atoms with van der Waals surface area (Å²) in [6, 6.07) is 0. The summed E-state index contributed by atoms with van der Waals surface area (Å²) in [7, 11) is 1.63. The highest BCUT2D eigenvalue weighted by molar-refractivity contribution is 5.82. The number of ether oxygens (including phenoxy) is 1. The Labute approximate surface area is 85.2 Å². The molecule has 2 heterocycles. The Hall–Kier alpha value is -1.70. The Morgan fingerprint density at radius 2 is 2.53 bits per heavy atom. The van der Waals surface area contributed by atoms with E-state index in [9.17, 15) is 4.79 Å². The van der Waals surface area contributed by atoms with Crippen LogP contribution >= 0.6 is 0 Å². The first-order chi connectivity index (χ1) is 7.14. The van der Waals surface area contributed by atoms with Gasteiger partial charge in [-0.2, -0.15) is 0 Å². The number of carboxylic acid groups (broad SMARTS) is 1. The highest BCUT2D eigenvalue weighted by Crippen LogP contribution is 2.23. The van der Waals surface area contributed by atoms with E-state index in [1.807, 2.05) is 0 Å². The number of aryl methyl sites for hydroxylation is 1. The minimum absolute atomic E-state index is 0.120. The molecule has 0 amide bonds. The van der Waals surface area contributed by atoms with Crippen molar-refractivity contribution in [3.05, 3.63) is 0 Å². The molecule has 0 aromatic carbocycles. The summed E-state index contributed by atoms with van der Waals surface area (Å²) in [5, 5.41) is 22.6. The minimum Gasteiger partial charge on any atom is -0.479 e. The van der Waals surface area contributed by atoms with Crippen LogP contribution in [-0.2, 0) is 16.6 Å². The van der Waals surface area contributed by atoms with Crippen LogP contribution in [-0.4, -0.2) is 50.0 Å². The Kier molecular flexibility index (Phi) is 2.27. The monoisotopic (exact) mass is 213 g/mol. The molecular weight excluding hydrogens is 202 g/mol. The molecule has 1 aromatic heterocycles. The predicted octanol–water partition coefficient (Wildman–Crippen LogP) is -1.13. The van der Waals surface area contributed by atoms with Gasteiger partial charge in [-0.05, 0) is 10.4 Å². The fourth-order valence-electron chi connectivity index (χ4n) is 1.44. The molecule has 15 heavy (non-hydrogen) atoms. The lowest BCUT2D eigenvalue weighted by molar-refractivity contribution is -0.142. The lowest BCUT2D eigenvalue weighted by Gasteiger charge is -2.23. The summed E-state index contributed by atoms with van der Waals surface area (Å²) >= 11 is 0. The number of carboxylic acids is 1. The Morgan fingerprint density at radius 3 is 3.00 bits per heavy atom. The van der Waals surface area contributed by atoms with Gasteiger partial charge in [-0.3, -0.25) is 0 Å². The lowest BCUT2D eigenvalue weighted by atomic mass is 9.99. The number of tetrazole rings is 1. The number of carbonyl (C=O) groups is 1. The first-order valence-electron chi connectivity index (χ1n) is 4.46. The van der Waals surface area contributed by atoms with Crippen LogP contribution in [0.15, 0.2) is 0 Å². The zero-order valence-electron chi connectivity index (χ0n) is 8.17. The van der Waals surface area contributed by atoms with Gasteiger partial charge >= 0.3 is 5.97 Å². The smallest absolute Gasteiger partial charge is 0.331 e. The molecule has 0 saturated carbocycles. The Morgan fingerprint density at radius 1 is 1.73 bits per heavy atom. The first kappa shape index (κ1) is 9.84. The molecular formula is C7H11N5O3. The van der Waals surface area contributed by atoms with E-state index >= 15 is 0 Å². The molecule has 8 heteroatoms. The molecule has 1 unspecified atom stereocenters. The van der Waals surface area contributed by atoms with Crippen molar-refractivity contribution in [1.82, 2.24) is 20.2 Å². The number of anilines is 1. The van der Waals surface area contributed by atoms with Crippen molar-refractivity contribution in [2.45, 2.75) is 12.0 Å². The Balaban J connectivity index is 2.21. The summed E-state index contributed by atoms with van der Waals surface area (Å²) in [6.45, 7) is 0.541. The molecule has 82 valence electrons. The zero-order valence-corrected chi connectivity index (χ0v) is 8.17. The summed E-state index contributed by atoms with van der Waals surface area (Å²) in [5.74, 6) is -0.633. The van der Waals surface area contributed by atoms with Gasteiger partial charge in [-0.1, -0.05) is 5.10 Å². The second-order valence-electron chi connectivity index (χ2n) is 3.44. The molecule has 1 aromatic rings. The maximum Gasteiger partial charge on any atom is 0.331 e. The minimum atomic E-state index is -1.11. The summed E-state index contributed by atoms with van der Waals surface area (Å²) in [5.41, 5.74) is -1.11. The van der Waals surface area contributed by atoms with Crippen LogP contribution in [0.1, 0.15) is 6.42 Å². The molecule has 2 rings (SSSR count). The van der Waals surface area contributed by atoms with Gasteiger partial charge < -0.3 is 15.2 Å². The third-order valence-electron chi connectivity index (χ3n) is 2.40. The van der Waals surface area contributed by atoms with Crippen LogP contribution in [0.4, 0.5) is 5.95 Å². The van der Waals surface area contributed by atoms with Gasteiger partial charge in [0.1, 0.15) is 0 Å². The molecule has 2 N–H and O–H groups in total. The quantitative estimate of drug-likeness (QED) is 0.654. The molecule has 8 nitrogen and oxygen atoms in total. The van der Waals surface area contributed by atoms with Gasteiger partial charge in [0.2, 0.25) is 5.95 Å². The third kappa shape index (κ3) is 1.63. The number of hydrogen-bond acceptors (Lipinski definition) is 6. The number of aromatic nitrogens is 4. The fourth-order valence-corrected chi connectivity index (χ4v) is 1.44. The lowest BCUT2D eigenvalue weighted by Crippen LogP contribution is -2.47. The van der Waals surface area contributed by atoms with Gasteiger partial charge in [0.15, 0.2) is 5.54 Å². The van der Waals surface area contributed by atoms with E-state index in [0.29, 0.717) is 19.0 Å². The number of rotatable bonds is 3. The Bertz CT molecular complexity index is 370. The van der Waals surface area contributed by atoms with Gasteiger partial charge in [0.05, 0.1) is 6.61 Å². The van der Waals surface area contributed by atoms with E-state index in [1.54, 1.807) is 7.05 Å². The summed E-state index contributed by atoms with van der Waals surface area (Å²) in [4.78, 5) is 11.1. The van der Waals surface area contributed by atoms with Crippen molar-refractivity contribution in [3.8, 4) is 0 Å². The topological polar surface area (TPSA) is 102 Å². The van der Waals surface area contributed by atoms with E-state index in [4.69, 9.17) is 9.84 Å². The van der Waals surface area contributed by atoms with Crippen molar-refractivity contribution in [1.29, 1.82) is 0 Å². The van der Waals surface area contributed by atoms with E-state index in [-0.39, 0.29) is 6.61 Å². The average molecular weight is 213 g/mol. The standard InChI is InChI=1S/C7H11N5O3/c1-12-6(9-10-11-12)8-7(5(13)14)2-3-15-4-7/h2-4H2,1H3,(H,13,14)(H,8,9,11). The van der Waals surface area contributed by atoms with Gasteiger partial charge in [-0.15, -0.1) is 0 Å². The maximum absolute atomic E-state index is 11.1. The van der Waals surface area contributed by atoms with Gasteiger partial charge in [0.25, 0.3) is 0 Å². The van der Waals surface area contributed by atoms with Crippen LogP contribution in [0.5, 0.6) is 0 Å². The molecule has 1 aliphatic heterocycles. The second-order valence-corrected chi connectivity index (χ2v) is 3.44. The van der Waals surface area contributed by atoms with E-state index in [1.165, 1.54) is 4.68 Å². The van der Waals surface area contributed by atoms with Crippen LogP contribution in [0.2, 0.25) is 0 Å². The molecule has 1 aliphatic rings. The number of nitrogens with zero attached hydrogens (tertiary/aromatic N) is 4.